The third-order valence-corrected chi connectivity index (χ3v) is 10.5. The third-order valence-electron chi connectivity index (χ3n) is 10.5. The van der Waals surface area contributed by atoms with Crippen LogP contribution < -0.4 is 27.8 Å². The molecule has 0 saturated carbocycles. The SMILES string of the molecule is NCCCC[C@H](CC(=O)[C@@H](Cc1ccccc1)NC(=O)C1CCCN1C(=O)CNC(=O)[C@H](CC(=O)[C@@H](N)Cc1cnc[nH]1)Cc1c[nH]c2ccccc12)C(N)=O. The number of ketones is 2. The molecule has 298 valence electrons. The number of para-hydroxylation sites is 1. The molecule has 1 unspecified atom stereocenters. The average molecular weight is 768 g/mol. The largest absolute Gasteiger partial charge is 0.369 e. The van der Waals surface area contributed by atoms with Crippen molar-refractivity contribution in [3.8, 4) is 0 Å². The first kappa shape index (κ1) is 41.5. The Balaban J connectivity index is 1.24. The summed E-state index contributed by atoms with van der Waals surface area (Å²) in [5, 5.41) is 6.52. The van der Waals surface area contributed by atoms with E-state index in [1.165, 1.54) is 11.2 Å². The first-order valence-corrected chi connectivity index (χ1v) is 19.3. The van der Waals surface area contributed by atoms with Gasteiger partial charge in [0.15, 0.2) is 11.6 Å². The molecule has 3 heterocycles. The second kappa shape index (κ2) is 20.3. The molecule has 0 spiro atoms. The van der Waals surface area contributed by atoms with Gasteiger partial charge in [-0.25, -0.2) is 4.98 Å². The van der Waals surface area contributed by atoms with Crippen molar-refractivity contribution in [2.75, 3.05) is 19.6 Å². The lowest BCUT2D eigenvalue weighted by Crippen LogP contribution is -2.53. The molecular formula is C41H53N9O6. The lowest BCUT2D eigenvalue weighted by Gasteiger charge is -2.27. The van der Waals surface area contributed by atoms with E-state index in [2.05, 4.69) is 25.6 Å². The second-order valence-electron chi connectivity index (χ2n) is 14.6. The highest BCUT2D eigenvalue weighted by Crippen LogP contribution is 2.24. The molecule has 2 aromatic carbocycles. The summed E-state index contributed by atoms with van der Waals surface area (Å²) < 4.78 is 0. The summed E-state index contributed by atoms with van der Waals surface area (Å²) in [6.07, 6.45) is 7.93. The van der Waals surface area contributed by atoms with E-state index in [4.69, 9.17) is 17.2 Å². The number of amides is 4. The van der Waals surface area contributed by atoms with E-state index in [9.17, 15) is 28.8 Å². The van der Waals surface area contributed by atoms with Gasteiger partial charge in [0.25, 0.3) is 0 Å². The van der Waals surface area contributed by atoms with Gasteiger partial charge in [0.1, 0.15) is 6.04 Å². The summed E-state index contributed by atoms with van der Waals surface area (Å²) in [6, 6.07) is 14.2. The minimum absolute atomic E-state index is 0.132. The third kappa shape index (κ3) is 11.4. The van der Waals surface area contributed by atoms with E-state index >= 15 is 0 Å². The predicted molar refractivity (Wildman–Crippen MR) is 210 cm³/mol. The standard InChI is InChI=1S/C41H53N9O6/c42-15-7-6-11-27(39(44)54)19-37(52)34(17-26-9-2-1-3-10-26)49-41(56)35-14-8-16-50(35)38(53)24-47-40(55)28(18-29-22-46-33-13-5-4-12-31(29)33)20-36(51)32(43)21-30-23-45-25-48-30/h1-5,9-10,12-13,22-23,25,27-28,32,34-35,46H,6-8,11,14-21,24,42-43H2,(H2,44,54)(H,45,48)(H,47,55)(H,49,56)/t27-,28+,32+,34-,35?/m1/s1. The number of aromatic amines is 2. The lowest BCUT2D eigenvalue weighted by molar-refractivity contribution is -0.140. The molecule has 1 aliphatic heterocycles. The Morgan fingerprint density at radius 1 is 0.893 bits per heavy atom. The summed E-state index contributed by atoms with van der Waals surface area (Å²) in [4.78, 5) is 92.0. The molecule has 2 aromatic heterocycles. The Bertz CT molecular complexity index is 1950. The number of aromatic nitrogens is 3. The van der Waals surface area contributed by atoms with E-state index in [1.807, 2.05) is 60.8 Å². The van der Waals surface area contributed by atoms with Gasteiger partial charge in [0.2, 0.25) is 23.6 Å². The van der Waals surface area contributed by atoms with Crippen molar-refractivity contribution in [3.63, 3.8) is 0 Å². The van der Waals surface area contributed by atoms with E-state index < -0.39 is 60.1 Å². The zero-order valence-corrected chi connectivity index (χ0v) is 31.6. The van der Waals surface area contributed by atoms with E-state index in [0.29, 0.717) is 44.3 Å². The number of nitrogens with zero attached hydrogens (tertiary/aromatic N) is 2. The van der Waals surface area contributed by atoms with Crippen LogP contribution in [0.4, 0.5) is 0 Å². The number of unbranched alkanes of at least 4 members (excludes halogenated alkanes) is 1. The number of likely N-dealkylation sites (tertiary alicyclic amines) is 1. The van der Waals surface area contributed by atoms with Crippen LogP contribution in [0.1, 0.15) is 61.8 Å². The number of carbonyl (C=O) groups excluding carboxylic acids is 6. The van der Waals surface area contributed by atoms with Gasteiger partial charge in [0, 0.05) is 66.6 Å². The molecule has 5 rings (SSSR count). The molecule has 15 heteroatoms. The number of primary amides is 1. The second-order valence-corrected chi connectivity index (χ2v) is 14.6. The fraction of sp³-hybridized carbons (Fsp3) is 0.439. The van der Waals surface area contributed by atoms with E-state index in [0.717, 1.165) is 22.0 Å². The maximum atomic E-state index is 13.8. The Hall–Kier alpha value is -5.67. The lowest BCUT2D eigenvalue weighted by atomic mass is 9.90. The van der Waals surface area contributed by atoms with Crippen LogP contribution in [0.25, 0.3) is 10.9 Å². The molecule has 56 heavy (non-hydrogen) atoms. The highest BCUT2D eigenvalue weighted by Gasteiger charge is 2.37. The fourth-order valence-electron chi connectivity index (χ4n) is 7.34. The summed E-state index contributed by atoms with van der Waals surface area (Å²) in [7, 11) is 0. The number of benzene rings is 2. The van der Waals surface area contributed by atoms with E-state index in [1.54, 1.807) is 6.20 Å². The number of hydrogen-bond acceptors (Lipinski definition) is 9. The van der Waals surface area contributed by atoms with Crippen molar-refractivity contribution in [1.29, 1.82) is 0 Å². The minimum Gasteiger partial charge on any atom is -0.369 e. The maximum Gasteiger partial charge on any atom is 0.243 e. The molecule has 1 saturated heterocycles. The molecule has 0 bridgehead atoms. The number of carbonyl (C=O) groups is 6. The topological polar surface area (TPSA) is 252 Å². The molecule has 10 N–H and O–H groups in total. The minimum atomic E-state index is -0.957. The summed E-state index contributed by atoms with van der Waals surface area (Å²) in [6.45, 7) is 0.352. The van der Waals surface area contributed by atoms with Crippen molar-refractivity contribution in [2.45, 2.75) is 82.3 Å². The average Bonchev–Trinajstić information content (AvgIpc) is 3.98. The molecule has 0 aliphatic carbocycles. The van der Waals surface area contributed by atoms with Gasteiger partial charge in [-0.3, -0.25) is 28.8 Å². The summed E-state index contributed by atoms with van der Waals surface area (Å²) in [5.41, 5.74) is 20.7. The number of hydrogen-bond donors (Lipinski definition) is 7. The molecular weight excluding hydrogens is 715 g/mol. The van der Waals surface area contributed by atoms with Crippen LogP contribution in [-0.2, 0) is 48.0 Å². The Morgan fingerprint density at radius 2 is 1.64 bits per heavy atom. The number of nitrogens with two attached hydrogens (primary N) is 3. The van der Waals surface area contributed by atoms with Crippen molar-refractivity contribution in [2.24, 2.45) is 29.0 Å². The van der Waals surface area contributed by atoms with Gasteiger partial charge in [-0.15, -0.1) is 0 Å². The molecule has 15 nitrogen and oxygen atoms in total. The quantitative estimate of drug-likeness (QED) is 0.0573. The summed E-state index contributed by atoms with van der Waals surface area (Å²) >= 11 is 0. The van der Waals surface area contributed by atoms with Gasteiger partial charge < -0.3 is 42.7 Å². The number of imidazole rings is 1. The number of H-pyrrole nitrogens is 2. The van der Waals surface area contributed by atoms with Gasteiger partial charge >= 0.3 is 0 Å². The number of Topliss-reactive ketones (excluding diaryl/α,β-unsaturated/α-hetero) is 2. The van der Waals surface area contributed by atoms with Gasteiger partial charge in [-0.05, 0) is 62.3 Å². The molecule has 4 aromatic rings. The van der Waals surface area contributed by atoms with Crippen LogP contribution in [0, 0.1) is 11.8 Å². The fourth-order valence-corrected chi connectivity index (χ4v) is 7.34. The zero-order valence-electron chi connectivity index (χ0n) is 31.6. The van der Waals surface area contributed by atoms with E-state index in [-0.39, 0.29) is 50.2 Å². The predicted octanol–water partition coefficient (Wildman–Crippen LogP) is 1.60. The molecule has 4 amide bonds. The smallest absolute Gasteiger partial charge is 0.243 e. The van der Waals surface area contributed by atoms with Crippen LogP contribution >= 0.6 is 0 Å². The Labute approximate surface area is 325 Å². The van der Waals surface area contributed by atoms with Crippen molar-refractivity contribution >= 4 is 46.1 Å². The Morgan fingerprint density at radius 3 is 2.38 bits per heavy atom. The van der Waals surface area contributed by atoms with Crippen molar-refractivity contribution < 1.29 is 28.8 Å². The van der Waals surface area contributed by atoms with Crippen molar-refractivity contribution in [3.05, 3.63) is 90.1 Å². The van der Waals surface area contributed by atoms with Gasteiger partial charge in [0.05, 0.1) is 25.0 Å². The number of rotatable bonds is 22. The Kier molecular flexibility index (Phi) is 15.0. The number of fused-ring (bicyclic) bond motifs is 1. The highest BCUT2D eigenvalue weighted by atomic mass is 16.2. The normalized spacial score (nSPS) is 16.2. The first-order valence-electron chi connectivity index (χ1n) is 19.3. The van der Waals surface area contributed by atoms with Crippen molar-refractivity contribution in [1.82, 2.24) is 30.5 Å². The molecule has 1 fully saturated rings. The van der Waals surface area contributed by atoms with Crippen LogP contribution in [0.3, 0.4) is 0 Å². The molecule has 0 radical (unpaired) electrons. The van der Waals surface area contributed by atoms with Gasteiger partial charge in [-0.1, -0.05) is 55.0 Å². The van der Waals surface area contributed by atoms with Crippen LogP contribution in [0.2, 0.25) is 0 Å². The first-order chi connectivity index (χ1) is 27.0. The van der Waals surface area contributed by atoms with Crippen LogP contribution in [0.5, 0.6) is 0 Å². The molecule has 5 atom stereocenters. The maximum absolute atomic E-state index is 13.8. The highest BCUT2D eigenvalue weighted by molar-refractivity contribution is 5.96. The summed E-state index contributed by atoms with van der Waals surface area (Å²) in [5.74, 6) is -4.20. The number of nitrogens with one attached hydrogen (secondary N) is 4. The monoisotopic (exact) mass is 767 g/mol. The molecule has 1 aliphatic rings. The van der Waals surface area contributed by atoms with Crippen LogP contribution in [-0.4, -0.2) is 92.8 Å². The van der Waals surface area contributed by atoms with Gasteiger partial charge in [-0.2, -0.15) is 0 Å². The van der Waals surface area contributed by atoms with Crippen LogP contribution in [0.15, 0.2) is 73.3 Å². The zero-order chi connectivity index (χ0) is 40.0.